The number of rotatable bonds is 6. The number of nitrogens with zero attached hydrogens (tertiary/aromatic N) is 2. The molecule has 0 bridgehead atoms. The van der Waals surface area contributed by atoms with Crippen molar-refractivity contribution in [3.63, 3.8) is 0 Å². The fraction of sp³-hybridized carbons (Fsp3) is 0.471. The van der Waals surface area contributed by atoms with Crippen LogP contribution < -0.4 is 0 Å². The molecule has 1 atom stereocenters. The summed E-state index contributed by atoms with van der Waals surface area (Å²) >= 11 is 1.61. The average Bonchev–Trinajstić information content (AvgIpc) is 3.18. The first-order valence-electron chi connectivity index (χ1n) is 7.96. The van der Waals surface area contributed by atoms with Crippen LogP contribution in [-0.2, 0) is 16.4 Å². The number of hydrogen-bond donors (Lipinski definition) is 0. The van der Waals surface area contributed by atoms with Gasteiger partial charge in [0.2, 0.25) is 5.89 Å². The third kappa shape index (κ3) is 3.63. The summed E-state index contributed by atoms with van der Waals surface area (Å²) in [5.41, 5.74) is 2.02. The highest BCUT2D eigenvalue weighted by Crippen LogP contribution is 2.30. The standard InChI is InChI=1S/C17H22N2O3S2/c1-4-7-19(14-6-9-24(20,21)11-14)10-15-13(3)22-17(18-15)16-12(2)5-8-23-16/h4-5,8,14H,1,6-7,9-11H2,2-3H3. The molecule has 1 fully saturated rings. The van der Waals surface area contributed by atoms with Gasteiger partial charge >= 0.3 is 0 Å². The zero-order chi connectivity index (χ0) is 17.3. The van der Waals surface area contributed by atoms with E-state index < -0.39 is 9.84 Å². The Morgan fingerprint density at radius 3 is 2.88 bits per heavy atom. The molecule has 0 aromatic carbocycles. The van der Waals surface area contributed by atoms with Gasteiger partial charge in [0.25, 0.3) is 0 Å². The van der Waals surface area contributed by atoms with Gasteiger partial charge in [-0.05, 0) is 37.3 Å². The molecule has 0 saturated carbocycles. The molecule has 1 aliphatic heterocycles. The number of hydrogen-bond acceptors (Lipinski definition) is 6. The molecule has 0 aliphatic carbocycles. The second-order valence-corrected chi connectivity index (χ2v) is 9.37. The monoisotopic (exact) mass is 366 g/mol. The molecule has 24 heavy (non-hydrogen) atoms. The molecule has 5 nitrogen and oxygen atoms in total. The molecule has 3 heterocycles. The van der Waals surface area contributed by atoms with Crippen LogP contribution in [0.1, 0.15) is 23.4 Å². The average molecular weight is 367 g/mol. The summed E-state index contributed by atoms with van der Waals surface area (Å²) in [7, 11) is -2.92. The molecule has 2 aromatic heterocycles. The van der Waals surface area contributed by atoms with Crippen molar-refractivity contribution < 1.29 is 12.8 Å². The molecule has 2 aromatic rings. The van der Waals surface area contributed by atoms with Gasteiger partial charge in [-0.2, -0.15) is 0 Å². The van der Waals surface area contributed by atoms with Crippen molar-refractivity contribution in [2.45, 2.75) is 32.9 Å². The number of aryl methyl sites for hydroxylation is 2. The largest absolute Gasteiger partial charge is 0.440 e. The van der Waals surface area contributed by atoms with E-state index in [0.717, 1.165) is 21.9 Å². The number of aromatic nitrogens is 1. The fourth-order valence-electron chi connectivity index (χ4n) is 3.03. The van der Waals surface area contributed by atoms with E-state index in [4.69, 9.17) is 4.42 Å². The van der Waals surface area contributed by atoms with Crippen LogP contribution in [-0.4, -0.2) is 42.4 Å². The second-order valence-electron chi connectivity index (χ2n) is 6.23. The molecule has 0 radical (unpaired) electrons. The lowest BCUT2D eigenvalue weighted by molar-refractivity contribution is 0.223. The first kappa shape index (κ1) is 17.4. The summed E-state index contributed by atoms with van der Waals surface area (Å²) in [6, 6.07) is 2.07. The molecule has 0 amide bonds. The molecule has 0 N–H and O–H groups in total. The normalized spacial score (nSPS) is 19.9. The maximum absolute atomic E-state index is 11.8. The summed E-state index contributed by atoms with van der Waals surface area (Å²) in [4.78, 5) is 7.84. The van der Waals surface area contributed by atoms with Gasteiger partial charge in [-0.1, -0.05) is 6.08 Å². The van der Waals surface area contributed by atoms with Crippen molar-refractivity contribution in [2.24, 2.45) is 0 Å². The van der Waals surface area contributed by atoms with Crippen LogP contribution in [0.25, 0.3) is 10.8 Å². The first-order chi connectivity index (χ1) is 11.4. The highest BCUT2D eigenvalue weighted by atomic mass is 32.2. The predicted molar refractivity (Wildman–Crippen MR) is 97.0 cm³/mol. The summed E-state index contributed by atoms with van der Waals surface area (Å²) in [6.07, 6.45) is 2.48. The Morgan fingerprint density at radius 2 is 2.29 bits per heavy atom. The zero-order valence-electron chi connectivity index (χ0n) is 14.0. The highest BCUT2D eigenvalue weighted by molar-refractivity contribution is 7.91. The molecular weight excluding hydrogens is 344 g/mol. The topological polar surface area (TPSA) is 63.4 Å². The maximum atomic E-state index is 11.8. The zero-order valence-corrected chi connectivity index (χ0v) is 15.6. The van der Waals surface area contributed by atoms with E-state index in [0.29, 0.717) is 25.4 Å². The maximum Gasteiger partial charge on any atom is 0.237 e. The van der Waals surface area contributed by atoms with E-state index in [1.54, 1.807) is 11.3 Å². The number of sulfone groups is 1. The Bertz CT molecular complexity index is 836. The van der Waals surface area contributed by atoms with Gasteiger partial charge < -0.3 is 4.42 Å². The first-order valence-corrected chi connectivity index (χ1v) is 10.7. The third-order valence-electron chi connectivity index (χ3n) is 4.39. The highest BCUT2D eigenvalue weighted by Gasteiger charge is 2.32. The van der Waals surface area contributed by atoms with Crippen molar-refractivity contribution in [1.82, 2.24) is 9.88 Å². The molecule has 1 aliphatic rings. The minimum Gasteiger partial charge on any atom is -0.440 e. The molecular formula is C17H22N2O3S2. The van der Waals surface area contributed by atoms with Crippen molar-refractivity contribution in [3.05, 3.63) is 41.1 Å². The molecule has 7 heteroatoms. The minimum atomic E-state index is -2.92. The van der Waals surface area contributed by atoms with E-state index >= 15 is 0 Å². The van der Waals surface area contributed by atoms with Crippen molar-refractivity contribution >= 4 is 21.2 Å². The van der Waals surface area contributed by atoms with Gasteiger partial charge in [-0.15, -0.1) is 17.9 Å². The van der Waals surface area contributed by atoms with Crippen LogP contribution in [0, 0.1) is 13.8 Å². The van der Waals surface area contributed by atoms with Crippen LogP contribution >= 0.6 is 11.3 Å². The van der Waals surface area contributed by atoms with Crippen LogP contribution in [0.3, 0.4) is 0 Å². The molecule has 0 spiro atoms. The van der Waals surface area contributed by atoms with E-state index in [1.807, 2.05) is 31.4 Å². The van der Waals surface area contributed by atoms with E-state index in [1.165, 1.54) is 0 Å². The Hall–Kier alpha value is -1.44. The van der Waals surface area contributed by atoms with Gasteiger partial charge in [0.15, 0.2) is 9.84 Å². The van der Waals surface area contributed by atoms with Crippen molar-refractivity contribution in [3.8, 4) is 10.8 Å². The van der Waals surface area contributed by atoms with Crippen molar-refractivity contribution in [1.29, 1.82) is 0 Å². The van der Waals surface area contributed by atoms with Gasteiger partial charge in [-0.25, -0.2) is 13.4 Å². The lowest BCUT2D eigenvalue weighted by Gasteiger charge is -2.25. The van der Waals surface area contributed by atoms with Crippen LogP contribution in [0.5, 0.6) is 0 Å². The Labute approximate surface area is 146 Å². The van der Waals surface area contributed by atoms with Crippen LogP contribution in [0.15, 0.2) is 28.5 Å². The summed E-state index contributed by atoms with van der Waals surface area (Å²) in [6.45, 7) is 8.96. The lowest BCUT2D eigenvalue weighted by atomic mass is 10.2. The number of thiophene rings is 1. The third-order valence-corrected chi connectivity index (χ3v) is 7.15. The molecule has 130 valence electrons. The van der Waals surface area contributed by atoms with Crippen LogP contribution in [0.4, 0.5) is 0 Å². The van der Waals surface area contributed by atoms with E-state index in [9.17, 15) is 8.42 Å². The molecule has 3 rings (SSSR count). The SMILES string of the molecule is C=CCN(Cc1nc(-c2sccc2C)oc1C)C1CCS(=O)(=O)C1. The summed E-state index contributed by atoms with van der Waals surface area (Å²) in [5.74, 6) is 1.91. The Kier molecular flexibility index (Phi) is 4.94. The molecule has 1 unspecified atom stereocenters. The summed E-state index contributed by atoms with van der Waals surface area (Å²) < 4.78 is 29.4. The smallest absolute Gasteiger partial charge is 0.237 e. The van der Waals surface area contributed by atoms with Gasteiger partial charge in [-0.3, -0.25) is 4.90 Å². The molecule has 1 saturated heterocycles. The minimum absolute atomic E-state index is 0.0241. The van der Waals surface area contributed by atoms with Gasteiger partial charge in [0, 0.05) is 19.1 Å². The van der Waals surface area contributed by atoms with E-state index in [2.05, 4.69) is 16.5 Å². The van der Waals surface area contributed by atoms with E-state index in [-0.39, 0.29) is 17.5 Å². The number of oxazole rings is 1. The lowest BCUT2D eigenvalue weighted by Crippen LogP contribution is -2.36. The van der Waals surface area contributed by atoms with Crippen LogP contribution in [0.2, 0.25) is 0 Å². The summed E-state index contributed by atoms with van der Waals surface area (Å²) in [5, 5.41) is 2.03. The second kappa shape index (κ2) is 6.82. The van der Waals surface area contributed by atoms with Gasteiger partial charge in [0.05, 0.1) is 22.1 Å². The quantitative estimate of drug-likeness (QED) is 0.735. The Morgan fingerprint density at radius 1 is 1.50 bits per heavy atom. The van der Waals surface area contributed by atoms with Crippen molar-refractivity contribution in [2.75, 3.05) is 18.1 Å². The fourth-order valence-corrected chi connectivity index (χ4v) is 5.64. The predicted octanol–water partition coefficient (Wildman–Crippen LogP) is 3.20. The Balaban J connectivity index is 1.82. The van der Waals surface area contributed by atoms with Gasteiger partial charge in [0.1, 0.15) is 5.76 Å².